The first kappa shape index (κ1) is 16.2. The molecular formula is C17H17BrN2O2S. The number of aryl methyl sites for hydroxylation is 2. The van der Waals surface area contributed by atoms with Gasteiger partial charge in [0, 0.05) is 16.1 Å². The Kier molecular flexibility index (Phi) is 4.55. The minimum atomic E-state index is -0.148. The number of anilines is 2. The molecule has 6 heteroatoms. The quantitative estimate of drug-likeness (QED) is 0.789. The van der Waals surface area contributed by atoms with Crippen molar-refractivity contribution in [3.05, 3.63) is 44.7 Å². The minimum Gasteiger partial charge on any atom is -0.321 e. The Morgan fingerprint density at radius 1 is 1.13 bits per heavy atom. The van der Waals surface area contributed by atoms with Crippen LogP contribution in [0, 0.1) is 19.8 Å². The van der Waals surface area contributed by atoms with E-state index in [0.29, 0.717) is 4.88 Å². The summed E-state index contributed by atoms with van der Waals surface area (Å²) in [4.78, 5) is 24.9. The Morgan fingerprint density at radius 3 is 2.52 bits per heavy atom. The summed E-state index contributed by atoms with van der Waals surface area (Å²) in [6.45, 7) is 3.83. The first-order chi connectivity index (χ1) is 10.9. The van der Waals surface area contributed by atoms with Crippen molar-refractivity contribution in [2.24, 2.45) is 5.92 Å². The maximum Gasteiger partial charge on any atom is 0.266 e. The molecule has 0 spiro atoms. The lowest BCUT2D eigenvalue weighted by Crippen LogP contribution is -2.12. The van der Waals surface area contributed by atoms with Crippen LogP contribution in [0.2, 0.25) is 0 Å². The largest absolute Gasteiger partial charge is 0.321 e. The van der Waals surface area contributed by atoms with Crippen molar-refractivity contribution >= 4 is 49.8 Å². The Labute approximate surface area is 147 Å². The van der Waals surface area contributed by atoms with Gasteiger partial charge in [-0.1, -0.05) is 15.9 Å². The maximum absolute atomic E-state index is 12.5. The van der Waals surface area contributed by atoms with Crippen molar-refractivity contribution in [3.8, 4) is 0 Å². The van der Waals surface area contributed by atoms with Crippen LogP contribution >= 0.6 is 27.3 Å². The average Bonchev–Trinajstić information content (AvgIpc) is 3.26. The molecule has 0 saturated heterocycles. The fourth-order valence-corrected chi connectivity index (χ4v) is 3.73. The SMILES string of the molecule is Cc1cc(Br)ccc1NC(=O)c1sc(NC(=O)C2CC2)cc1C. The zero-order valence-electron chi connectivity index (χ0n) is 12.9. The van der Waals surface area contributed by atoms with E-state index in [9.17, 15) is 9.59 Å². The molecule has 0 aliphatic heterocycles. The molecule has 1 aliphatic carbocycles. The maximum atomic E-state index is 12.5. The van der Waals surface area contributed by atoms with E-state index in [-0.39, 0.29) is 17.7 Å². The van der Waals surface area contributed by atoms with Crippen molar-refractivity contribution in [2.45, 2.75) is 26.7 Å². The van der Waals surface area contributed by atoms with Crippen molar-refractivity contribution in [1.82, 2.24) is 0 Å². The van der Waals surface area contributed by atoms with Crippen molar-refractivity contribution in [1.29, 1.82) is 0 Å². The molecule has 1 fully saturated rings. The highest BCUT2D eigenvalue weighted by molar-refractivity contribution is 9.10. The molecule has 1 aromatic carbocycles. The molecule has 1 aliphatic rings. The van der Waals surface area contributed by atoms with Crippen LogP contribution in [0.4, 0.5) is 10.7 Å². The van der Waals surface area contributed by atoms with Crippen LogP contribution in [0.5, 0.6) is 0 Å². The predicted octanol–water partition coefficient (Wildman–Crippen LogP) is 4.73. The molecule has 0 radical (unpaired) electrons. The van der Waals surface area contributed by atoms with Gasteiger partial charge in [0.15, 0.2) is 0 Å². The van der Waals surface area contributed by atoms with E-state index in [2.05, 4.69) is 26.6 Å². The van der Waals surface area contributed by atoms with Crippen molar-refractivity contribution in [3.63, 3.8) is 0 Å². The zero-order valence-corrected chi connectivity index (χ0v) is 15.3. The van der Waals surface area contributed by atoms with Crippen molar-refractivity contribution in [2.75, 3.05) is 10.6 Å². The Morgan fingerprint density at radius 2 is 1.87 bits per heavy atom. The zero-order chi connectivity index (χ0) is 16.6. The summed E-state index contributed by atoms with van der Waals surface area (Å²) in [7, 11) is 0. The highest BCUT2D eigenvalue weighted by Crippen LogP contribution is 2.33. The van der Waals surface area contributed by atoms with Gasteiger partial charge in [-0.05, 0) is 62.1 Å². The molecule has 120 valence electrons. The number of carbonyl (C=O) groups excluding carboxylic acids is 2. The smallest absolute Gasteiger partial charge is 0.266 e. The molecule has 1 aromatic heterocycles. The van der Waals surface area contributed by atoms with Crippen LogP contribution in [0.25, 0.3) is 0 Å². The second-order valence-electron chi connectivity index (χ2n) is 5.80. The Balaban J connectivity index is 1.73. The van der Waals surface area contributed by atoms with E-state index in [1.165, 1.54) is 11.3 Å². The number of hydrogen-bond acceptors (Lipinski definition) is 3. The normalized spacial score (nSPS) is 13.7. The van der Waals surface area contributed by atoms with Crippen LogP contribution in [0.3, 0.4) is 0 Å². The lowest BCUT2D eigenvalue weighted by Gasteiger charge is -2.08. The Bertz CT molecular complexity index is 781. The van der Waals surface area contributed by atoms with Crippen LogP contribution in [-0.2, 0) is 4.79 Å². The van der Waals surface area contributed by atoms with Gasteiger partial charge in [0.2, 0.25) is 5.91 Å². The molecule has 2 aromatic rings. The third-order valence-electron chi connectivity index (χ3n) is 3.76. The third-order valence-corrected chi connectivity index (χ3v) is 5.40. The topological polar surface area (TPSA) is 58.2 Å². The first-order valence-corrected chi connectivity index (χ1v) is 9.04. The summed E-state index contributed by atoms with van der Waals surface area (Å²) < 4.78 is 0.977. The fraction of sp³-hybridized carbons (Fsp3) is 0.294. The van der Waals surface area contributed by atoms with Gasteiger partial charge >= 0.3 is 0 Å². The average molecular weight is 393 g/mol. The number of nitrogens with one attached hydrogen (secondary N) is 2. The van der Waals surface area contributed by atoms with Gasteiger partial charge in [-0.3, -0.25) is 9.59 Å². The standard InChI is InChI=1S/C17H17BrN2O2S/c1-9-7-12(18)5-6-13(9)19-17(22)15-10(2)8-14(23-15)20-16(21)11-3-4-11/h5-8,11H,3-4H2,1-2H3,(H,19,22)(H,20,21). The van der Waals surface area contributed by atoms with E-state index < -0.39 is 0 Å². The number of benzene rings is 1. The molecule has 1 heterocycles. The van der Waals surface area contributed by atoms with Gasteiger partial charge < -0.3 is 10.6 Å². The number of carbonyl (C=O) groups is 2. The van der Waals surface area contributed by atoms with Gasteiger partial charge in [0.05, 0.1) is 9.88 Å². The van der Waals surface area contributed by atoms with E-state index in [1.807, 2.05) is 38.1 Å². The van der Waals surface area contributed by atoms with Crippen LogP contribution in [-0.4, -0.2) is 11.8 Å². The van der Waals surface area contributed by atoms with E-state index in [0.717, 1.165) is 39.1 Å². The summed E-state index contributed by atoms with van der Waals surface area (Å²) in [6.07, 6.45) is 1.93. The Hall–Kier alpha value is -1.66. The summed E-state index contributed by atoms with van der Waals surface area (Å²) in [5.41, 5.74) is 2.65. The van der Waals surface area contributed by atoms with E-state index in [1.54, 1.807) is 0 Å². The second-order valence-corrected chi connectivity index (χ2v) is 7.77. The summed E-state index contributed by atoms with van der Waals surface area (Å²) >= 11 is 4.73. The number of halogens is 1. The van der Waals surface area contributed by atoms with E-state index in [4.69, 9.17) is 0 Å². The van der Waals surface area contributed by atoms with E-state index >= 15 is 0 Å². The highest BCUT2D eigenvalue weighted by Gasteiger charge is 2.30. The molecule has 2 amide bonds. The van der Waals surface area contributed by atoms with Gasteiger partial charge in [-0.25, -0.2) is 0 Å². The summed E-state index contributed by atoms with van der Waals surface area (Å²) in [5, 5.41) is 6.56. The van der Waals surface area contributed by atoms with Crippen LogP contribution in [0.1, 0.15) is 33.6 Å². The minimum absolute atomic E-state index is 0.0574. The van der Waals surface area contributed by atoms with Gasteiger partial charge in [0.25, 0.3) is 5.91 Å². The molecule has 0 atom stereocenters. The first-order valence-electron chi connectivity index (χ1n) is 7.43. The summed E-state index contributed by atoms with van der Waals surface area (Å²) in [5.74, 6) is 0.0619. The fourth-order valence-electron chi connectivity index (χ4n) is 2.28. The molecule has 0 unspecified atom stereocenters. The highest BCUT2D eigenvalue weighted by atomic mass is 79.9. The monoisotopic (exact) mass is 392 g/mol. The molecular weight excluding hydrogens is 376 g/mol. The number of thiophene rings is 1. The molecule has 3 rings (SSSR count). The molecule has 4 nitrogen and oxygen atoms in total. The third kappa shape index (κ3) is 3.82. The molecule has 1 saturated carbocycles. The molecule has 23 heavy (non-hydrogen) atoms. The number of rotatable bonds is 4. The van der Waals surface area contributed by atoms with Gasteiger partial charge in [-0.15, -0.1) is 11.3 Å². The van der Waals surface area contributed by atoms with Gasteiger partial charge in [0.1, 0.15) is 0 Å². The van der Waals surface area contributed by atoms with Gasteiger partial charge in [-0.2, -0.15) is 0 Å². The predicted molar refractivity (Wildman–Crippen MR) is 97.2 cm³/mol. The number of hydrogen-bond donors (Lipinski definition) is 2. The van der Waals surface area contributed by atoms with Crippen molar-refractivity contribution < 1.29 is 9.59 Å². The second kappa shape index (κ2) is 6.45. The number of amides is 2. The lowest BCUT2D eigenvalue weighted by atomic mass is 10.2. The molecule has 2 N–H and O–H groups in total. The van der Waals surface area contributed by atoms with Crippen LogP contribution < -0.4 is 10.6 Å². The summed E-state index contributed by atoms with van der Waals surface area (Å²) in [6, 6.07) is 7.58. The lowest BCUT2D eigenvalue weighted by molar-refractivity contribution is -0.117. The molecule has 0 bridgehead atoms. The van der Waals surface area contributed by atoms with Crippen LogP contribution in [0.15, 0.2) is 28.7 Å².